The highest BCUT2D eigenvalue weighted by atomic mass is 16.3. The van der Waals surface area contributed by atoms with E-state index in [1.807, 2.05) is 0 Å². The molecule has 0 saturated heterocycles. The van der Waals surface area contributed by atoms with Gasteiger partial charge in [-0.15, -0.1) is 0 Å². The fraction of sp³-hybridized carbons (Fsp3) is 1.00. The van der Waals surface area contributed by atoms with E-state index in [0.717, 1.165) is 19.3 Å². The van der Waals surface area contributed by atoms with Crippen LogP contribution in [0.5, 0.6) is 0 Å². The van der Waals surface area contributed by atoms with Crippen molar-refractivity contribution in [2.24, 2.45) is 28.9 Å². The van der Waals surface area contributed by atoms with Crippen LogP contribution in [0, 0.1) is 23.2 Å². The van der Waals surface area contributed by atoms with Crippen molar-refractivity contribution in [1.29, 1.82) is 0 Å². The van der Waals surface area contributed by atoms with Crippen LogP contribution in [0.15, 0.2) is 0 Å². The Kier molecular flexibility index (Phi) is 4.08. The molecule has 2 aliphatic rings. The predicted molar refractivity (Wildman–Crippen MR) is 76.2 cm³/mol. The van der Waals surface area contributed by atoms with Crippen LogP contribution in [-0.4, -0.2) is 17.3 Å². The van der Waals surface area contributed by atoms with Gasteiger partial charge in [0.15, 0.2) is 0 Å². The maximum Gasteiger partial charge on any atom is 0.0748 e. The smallest absolute Gasteiger partial charge is 0.0748 e. The third-order valence-corrected chi connectivity index (χ3v) is 5.92. The highest BCUT2D eigenvalue weighted by molar-refractivity contribution is 5.08. The van der Waals surface area contributed by atoms with Gasteiger partial charge in [-0.2, -0.15) is 0 Å². The topological polar surface area (TPSA) is 46.2 Å². The van der Waals surface area contributed by atoms with Gasteiger partial charge < -0.3 is 10.8 Å². The number of rotatable bonds is 3. The zero-order valence-electron chi connectivity index (χ0n) is 12.4. The molecule has 3 unspecified atom stereocenters. The Morgan fingerprint density at radius 3 is 2.33 bits per heavy atom. The first kappa shape index (κ1) is 14.3. The van der Waals surface area contributed by atoms with Crippen molar-refractivity contribution in [3.8, 4) is 0 Å². The second-order valence-electron chi connectivity index (χ2n) is 7.35. The lowest BCUT2D eigenvalue weighted by Crippen LogP contribution is -2.59. The molecule has 18 heavy (non-hydrogen) atoms. The summed E-state index contributed by atoms with van der Waals surface area (Å²) in [6, 6.07) is 0. The van der Waals surface area contributed by atoms with Crippen LogP contribution in [0.1, 0.15) is 65.7 Å². The molecule has 0 aromatic carbocycles. The molecule has 0 aliphatic heterocycles. The lowest BCUT2D eigenvalue weighted by Gasteiger charge is -2.54. The van der Waals surface area contributed by atoms with Gasteiger partial charge in [-0.1, -0.05) is 40.0 Å². The summed E-state index contributed by atoms with van der Waals surface area (Å²) in [6.07, 6.45) is 8.18. The van der Waals surface area contributed by atoms with Gasteiger partial charge >= 0.3 is 0 Å². The number of hydrogen-bond acceptors (Lipinski definition) is 2. The van der Waals surface area contributed by atoms with Crippen molar-refractivity contribution in [3.05, 3.63) is 0 Å². The largest absolute Gasteiger partial charge is 0.389 e. The molecular weight excluding hydrogens is 222 g/mol. The molecule has 2 nitrogen and oxygen atoms in total. The molecule has 0 spiro atoms. The molecule has 0 aromatic rings. The molecule has 2 saturated carbocycles. The van der Waals surface area contributed by atoms with Crippen LogP contribution < -0.4 is 5.73 Å². The van der Waals surface area contributed by atoms with Gasteiger partial charge in [0, 0.05) is 12.0 Å². The van der Waals surface area contributed by atoms with E-state index in [-0.39, 0.29) is 5.41 Å². The minimum absolute atomic E-state index is 0.0105. The minimum Gasteiger partial charge on any atom is -0.389 e. The number of aliphatic hydroxyl groups is 1. The van der Waals surface area contributed by atoms with Crippen molar-refractivity contribution in [1.82, 2.24) is 0 Å². The summed E-state index contributed by atoms with van der Waals surface area (Å²) in [5, 5.41) is 11.5. The first-order chi connectivity index (χ1) is 8.45. The monoisotopic (exact) mass is 253 g/mol. The minimum atomic E-state index is -0.510. The molecule has 2 fully saturated rings. The average Bonchev–Trinajstić information content (AvgIpc) is 2.78. The molecule has 0 aromatic heterocycles. The van der Waals surface area contributed by atoms with Crippen molar-refractivity contribution in [2.75, 3.05) is 6.54 Å². The zero-order chi connectivity index (χ0) is 13.4. The van der Waals surface area contributed by atoms with E-state index < -0.39 is 5.60 Å². The molecule has 2 heteroatoms. The molecule has 2 aliphatic carbocycles. The standard InChI is InChI=1S/C16H31NO/c1-12(2)14-7-6-13(3)10-16(14,18)15(11-17)8-4-5-9-15/h12-14,18H,4-11,17H2,1-3H3. The lowest BCUT2D eigenvalue weighted by atomic mass is 9.55. The number of hydrogen-bond donors (Lipinski definition) is 2. The van der Waals surface area contributed by atoms with Crippen LogP contribution in [0.2, 0.25) is 0 Å². The summed E-state index contributed by atoms with van der Waals surface area (Å²) in [6.45, 7) is 7.50. The first-order valence-electron chi connectivity index (χ1n) is 7.87. The summed E-state index contributed by atoms with van der Waals surface area (Å²) < 4.78 is 0. The Balaban J connectivity index is 2.33. The van der Waals surface area contributed by atoms with Crippen LogP contribution >= 0.6 is 0 Å². The van der Waals surface area contributed by atoms with E-state index in [0.29, 0.717) is 24.3 Å². The Bertz CT molecular complexity index is 283. The van der Waals surface area contributed by atoms with Crippen molar-refractivity contribution in [3.63, 3.8) is 0 Å². The van der Waals surface area contributed by atoms with E-state index in [9.17, 15) is 5.11 Å². The Morgan fingerprint density at radius 2 is 1.83 bits per heavy atom. The van der Waals surface area contributed by atoms with Crippen LogP contribution in [0.4, 0.5) is 0 Å². The fourth-order valence-electron chi connectivity index (χ4n) is 4.85. The number of nitrogens with two attached hydrogens (primary N) is 1. The zero-order valence-corrected chi connectivity index (χ0v) is 12.4. The van der Waals surface area contributed by atoms with E-state index in [4.69, 9.17) is 5.73 Å². The van der Waals surface area contributed by atoms with Crippen LogP contribution in [0.25, 0.3) is 0 Å². The van der Waals surface area contributed by atoms with Crippen molar-refractivity contribution in [2.45, 2.75) is 71.3 Å². The quantitative estimate of drug-likeness (QED) is 0.810. The summed E-state index contributed by atoms with van der Waals surface area (Å²) in [7, 11) is 0. The first-order valence-corrected chi connectivity index (χ1v) is 7.87. The van der Waals surface area contributed by atoms with Crippen molar-refractivity contribution < 1.29 is 5.11 Å². The summed E-state index contributed by atoms with van der Waals surface area (Å²) in [4.78, 5) is 0. The second kappa shape index (κ2) is 5.13. The fourth-order valence-corrected chi connectivity index (χ4v) is 4.85. The molecular formula is C16H31NO. The average molecular weight is 253 g/mol. The molecule has 0 radical (unpaired) electrons. The van der Waals surface area contributed by atoms with E-state index in [1.165, 1.54) is 25.7 Å². The SMILES string of the molecule is CC1CCC(C(C)C)C(O)(C2(CN)CCCC2)C1. The molecule has 3 atom stereocenters. The highest BCUT2D eigenvalue weighted by Crippen LogP contribution is 2.56. The maximum absolute atomic E-state index is 11.5. The molecule has 0 bridgehead atoms. The Hall–Kier alpha value is -0.0800. The Labute approximate surface area is 112 Å². The molecule has 106 valence electrons. The van der Waals surface area contributed by atoms with Gasteiger partial charge in [-0.25, -0.2) is 0 Å². The van der Waals surface area contributed by atoms with Gasteiger partial charge in [-0.3, -0.25) is 0 Å². The van der Waals surface area contributed by atoms with Crippen LogP contribution in [-0.2, 0) is 0 Å². The van der Waals surface area contributed by atoms with Gasteiger partial charge in [0.1, 0.15) is 0 Å². The van der Waals surface area contributed by atoms with Gasteiger partial charge in [0.2, 0.25) is 0 Å². The summed E-state index contributed by atoms with van der Waals surface area (Å²) in [5.41, 5.74) is 5.63. The van der Waals surface area contributed by atoms with Gasteiger partial charge in [0.25, 0.3) is 0 Å². The lowest BCUT2D eigenvalue weighted by molar-refractivity contribution is -0.164. The summed E-state index contributed by atoms with van der Waals surface area (Å²) in [5.74, 6) is 1.65. The second-order valence-corrected chi connectivity index (χ2v) is 7.35. The normalized spacial score (nSPS) is 40.3. The maximum atomic E-state index is 11.5. The predicted octanol–water partition coefficient (Wildman–Crippen LogP) is 3.33. The van der Waals surface area contributed by atoms with E-state index >= 15 is 0 Å². The Morgan fingerprint density at radius 1 is 1.22 bits per heavy atom. The third kappa shape index (κ3) is 2.12. The van der Waals surface area contributed by atoms with E-state index in [2.05, 4.69) is 20.8 Å². The molecule has 3 N–H and O–H groups in total. The van der Waals surface area contributed by atoms with E-state index in [1.54, 1.807) is 0 Å². The molecule has 2 rings (SSSR count). The third-order valence-electron chi connectivity index (χ3n) is 5.92. The molecule has 0 amide bonds. The van der Waals surface area contributed by atoms with Gasteiger partial charge in [-0.05, 0) is 43.4 Å². The van der Waals surface area contributed by atoms with Crippen LogP contribution in [0.3, 0.4) is 0 Å². The van der Waals surface area contributed by atoms with Crippen molar-refractivity contribution >= 4 is 0 Å². The van der Waals surface area contributed by atoms with Gasteiger partial charge in [0.05, 0.1) is 5.60 Å². The highest BCUT2D eigenvalue weighted by Gasteiger charge is 2.56. The molecule has 0 heterocycles. The summed E-state index contributed by atoms with van der Waals surface area (Å²) >= 11 is 0.